The molecule has 5 nitrogen and oxygen atoms in total. The topological polar surface area (TPSA) is 68.2 Å². The van der Waals surface area contributed by atoms with Crippen LogP contribution in [0.5, 0.6) is 0 Å². The Labute approximate surface area is 129 Å². The quantitative estimate of drug-likeness (QED) is 0.866. The lowest BCUT2D eigenvalue weighted by Crippen LogP contribution is -2.44. The van der Waals surface area contributed by atoms with Crippen molar-refractivity contribution in [1.82, 2.24) is 9.88 Å². The molecule has 116 valence electrons. The van der Waals surface area contributed by atoms with Crippen molar-refractivity contribution in [3.63, 3.8) is 0 Å². The van der Waals surface area contributed by atoms with E-state index in [-0.39, 0.29) is 19.3 Å². The molecule has 0 spiro atoms. The highest BCUT2D eigenvalue weighted by molar-refractivity contribution is 5.99. The van der Waals surface area contributed by atoms with Crippen LogP contribution in [0.15, 0.2) is 35.3 Å². The second-order valence-corrected chi connectivity index (χ2v) is 6.00. The van der Waals surface area contributed by atoms with Gasteiger partial charge >= 0.3 is 0 Å². The molecule has 22 heavy (non-hydrogen) atoms. The van der Waals surface area contributed by atoms with E-state index in [2.05, 4.69) is 19.2 Å². The standard InChI is InChI=1S/C17H18N2O3.H2/c1-10(2)11-3-4-13-12(9-11)7-8-19(17(13)22)14-5-6-15(20)18-16(14)21;/h3-4,7-10,14H,5-6H2,1-2H3,(H,18,20,21);1H. The van der Waals surface area contributed by atoms with E-state index >= 15 is 0 Å². The van der Waals surface area contributed by atoms with Crippen LogP contribution in [-0.4, -0.2) is 16.4 Å². The van der Waals surface area contributed by atoms with Crippen molar-refractivity contribution >= 4 is 22.6 Å². The third kappa shape index (κ3) is 2.43. The van der Waals surface area contributed by atoms with E-state index in [4.69, 9.17) is 0 Å². The summed E-state index contributed by atoms with van der Waals surface area (Å²) in [4.78, 5) is 35.8. The zero-order valence-electron chi connectivity index (χ0n) is 12.6. The summed E-state index contributed by atoms with van der Waals surface area (Å²) in [6.45, 7) is 4.21. The Bertz CT molecular complexity index is 826. The summed E-state index contributed by atoms with van der Waals surface area (Å²) in [5.74, 6) is -0.296. The highest BCUT2D eigenvalue weighted by Crippen LogP contribution is 2.22. The van der Waals surface area contributed by atoms with E-state index in [0.717, 1.165) is 5.39 Å². The Balaban J connectivity index is 0.00000192. The number of amides is 2. The number of fused-ring (bicyclic) bond motifs is 1. The molecule has 0 aliphatic carbocycles. The third-order valence-electron chi connectivity index (χ3n) is 4.17. The number of hydrogen-bond donors (Lipinski definition) is 1. The predicted octanol–water partition coefficient (Wildman–Crippen LogP) is 2.35. The van der Waals surface area contributed by atoms with Gasteiger partial charge in [-0.1, -0.05) is 26.0 Å². The summed E-state index contributed by atoms with van der Waals surface area (Å²) >= 11 is 0. The zero-order valence-corrected chi connectivity index (χ0v) is 12.6. The number of piperidine rings is 1. The molecular weight excluding hydrogens is 280 g/mol. The molecule has 1 saturated heterocycles. The van der Waals surface area contributed by atoms with Gasteiger partial charge in [-0.3, -0.25) is 19.7 Å². The number of nitrogens with one attached hydrogen (secondary N) is 1. The second kappa shape index (κ2) is 5.40. The number of imide groups is 1. The number of aromatic nitrogens is 1. The molecule has 5 heteroatoms. The van der Waals surface area contributed by atoms with Crippen molar-refractivity contribution in [2.24, 2.45) is 0 Å². The SMILES string of the molecule is CC(C)c1ccc2c(=O)n(C3CCC(=O)NC3=O)ccc2c1.[HH]. The number of benzene rings is 1. The van der Waals surface area contributed by atoms with Gasteiger partial charge in [-0.05, 0) is 35.4 Å². The number of carbonyl (C=O) groups is 2. The fourth-order valence-corrected chi connectivity index (χ4v) is 2.83. The highest BCUT2D eigenvalue weighted by Gasteiger charge is 2.28. The first kappa shape index (κ1) is 14.5. The first-order valence-corrected chi connectivity index (χ1v) is 7.46. The molecule has 0 saturated carbocycles. The average Bonchev–Trinajstić information content (AvgIpc) is 2.48. The lowest BCUT2D eigenvalue weighted by Gasteiger charge is -2.23. The summed E-state index contributed by atoms with van der Waals surface area (Å²) in [6, 6.07) is 7.01. The first-order valence-electron chi connectivity index (χ1n) is 7.46. The van der Waals surface area contributed by atoms with Crippen LogP contribution < -0.4 is 10.9 Å². The van der Waals surface area contributed by atoms with Crippen LogP contribution in [-0.2, 0) is 9.59 Å². The Kier molecular flexibility index (Phi) is 3.56. The highest BCUT2D eigenvalue weighted by atomic mass is 16.2. The van der Waals surface area contributed by atoms with E-state index in [1.807, 2.05) is 24.3 Å². The van der Waals surface area contributed by atoms with Crippen LogP contribution in [0.3, 0.4) is 0 Å². The Morgan fingerprint density at radius 2 is 2.00 bits per heavy atom. The summed E-state index contributed by atoms with van der Waals surface area (Å²) in [5.41, 5.74) is 0.980. The molecule has 1 N–H and O–H groups in total. The van der Waals surface area contributed by atoms with Crippen LogP contribution in [0.25, 0.3) is 10.8 Å². The molecule has 2 amide bonds. The van der Waals surface area contributed by atoms with Gasteiger partial charge in [-0.2, -0.15) is 0 Å². The van der Waals surface area contributed by atoms with E-state index < -0.39 is 11.9 Å². The number of nitrogens with zero attached hydrogens (tertiary/aromatic N) is 1. The van der Waals surface area contributed by atoms with Crippen LogP contribution in [0, 0.1) is 0 Å². The zero-order chi connectivity index (χ0) is 15.9. The fraction of sp³-hybridized carbons (Fsp3) is 0.353. The number of hydrogen-bond acceptors (Lipinski definition) is 3. The van der Waals surface area contributed by atoms with Crippen LogP contribution in [0.1, 0.15) is 45.6 Å². The molecule has 1 atom stereocenters. The third-order valence-corrected chi connectivity index (χ3v) is 4.17. The Morgan fingerprint density at radius 1 is 1.23 bits per heavy atom. The molecule has 2 heterocycles. The predicted molar refractivity (Wildman–Crippen MR) is 85.8 cm³/mol. The first-order chi connectivity index (χ1) is 10.5. The van der Waals surface area contributed by atoms with Crippen molar-refractivity contribution in [3.05, 3.63) is 46.4 Å². The van der Waals surface area contributed by atoms with Gasteiger partial charge in [-0.15, -0.1) is 0 Å². The van der Waals surface area contributed by atoms with Gasteiger partial charge in [0.05, 0.1) is 0 Å². The van der Waals surface area contributed by atoms with E-state index in [1.54, 1.807) is 6.20 Å². The maximum Gasteiger partial charge on any atom is 0.259 e. The van der Waals surface area contributed by atoms with Gasteiger partial charge in [0.1, 0.15) is 6.04 Å². The van der Waals surface area contributed by atoms with Crippen molar-refractivity contribution in [2.75, 3.05) is 0 Å². The van der Waals surface area contributed by atoms with Crippen molar-refractivity contribution < 1.29 is 11.0 Å². The number of rotatable bonds is 2. The minimum absolute atomic E-state index is 0. The van der Waals surface area contributed by atoms with Crippen LogP contribution in [0.2, 0.25) is 0 Å². The maximum atomic E-state index is 12.6. The molecule has 2 aromatic rings. The van der Waals surface area contributed by atoms with Crippen LogP contribution in [0.4, 0.5) is 0 Å². The van der Waals surface area contributed by atoms with Gasteiger partial charge in [0, 0.05) is 19.4 Å². The minimum atomic E-state index is -0.612. The summed E-state index contributed by atoms with van der Waals surface area (Å²) in [5, 5.41) is 3.76. The Hall–Kier alpha value is -2.43. The van der Waals surface area contributed by atoms with Crippen molar-refractivity contribution in [1.29, 1.82) is 0 Å². The summed E-state index contributed by atoms with van der Waals surface area (Å²) in [6.07, 6.45) is 2.27. The molecule has 1 aromatic carbocycles. The van der Waals surface area contributed by atoms with E-state index in [0.29, 0.717) is 17.7 Å². The smallest absolute Gasteiger partial charge is 0.259 e. The molecule has 1 unspecified atom stereocenters. The molecule has 0 bridgehead atoms. The van der Waals surface area contributed by atoms with Gasteiger partial charge in [-0.25, -0.2) is 0 Å². The number of pyridine rings is 1. The van der Waals surface area contributed by atoms with Gasteiger partial charge in [0.2, 0.25) is 11.8 Å². The van der Waals surface area contributed by atoms with Crippen LogP contribution >= 0.6 is 0 Å². The Morgan fingerprint density at radius 3 is 2.68 bits per heavy atom. The van der Waals surface area contributed by atoms with Gasteiger partial charge in [0.15, 0.2) is 0 Å². The van der Waals surface area contributed by atoms with Gasteiger partial charge < -0.3 is 4.57 Å². The van der Waals surface area contributed by atoms with Gasteiger partial charge in [0.25, 0.3) is 5.56 Å². The minimum Gasteiger partial charge on any atom is -0.302 e. The molecule has 3 rings (SSSR count). The monoisotopic (exact) mass is 300 g/mol. The maximum absolute atomic E-state index is 12.6. The lowest BCUT2D eigenvalue weighted by atomic mass is 9.99. The molecule has 1 aliphatic rings. The largest absolute Gasteiger partial charge is 0.302 e. The number of carbonyl (C=O) groups excluding carboxylic acids is 2. The molecule has 0 radical (unpaired) electrons. The molecule has 1 aliphatic heterocycles. The van der Waals surface area contributed by atoms with Crippen molar-refractivity contribution in [2.45, 2.75) is 38.6 Å². The normalized spacial score (nSPS) is 18.8. The fourth-order valence-electron chi connectivity index (χ4n) is 2.83. The summed E-state index contributed by atoms with van der Waals surface area (Å²) < 4.78 is 1.43. The molecular formula is C17H20N2O3. The average molecular weight is 300 g/mol. The van der Waals surface area contributed by atoms with E-state index in [9.17, 15) is 14.4 Å². The molecule has 1 fully saturated rings. The molecule has 1 aromatic heterocycles. The van der Waals surface area contributed by atoms with Crippen molar-refractivity contribution in [3.8, 4) is 0 Å². The second-order valence-electron chi connectivity index (χ2n) is 6.00. The summed E-state index contributed by atoms with van der Waals surface area (Å²) in [7, 11) is 0. The lowest BCUT2D eigenvalue weighted by molar-refractivity contribution is -0.135. The van der Waals surface area contributed by atoms with E-state index in [1.165, 1.54) is 10.1 Å².